The monoisotopic (exact) mass is 346 g/mol. The normalized spacial score (nSPS) is 12.2. The number of hydrogen-bond acceptors (Lipinski definition) is 5. The third kappa shape index (κ3) is 3.92. The van der Waals surface area contributed by atoms with E-state index in [1.54, 1.807) is 12.1 Å². The fourth-order valence-electron chi connectivity index (χ4n) is 2.58. The number of phenols is 4. The van der Waals surface area contributed by atoms with Gasteiger partial charge in [-0.3, -0.25) is 0 Å². The molecular weight excluding hydrogens is 320 g/mol. The van der Waals surface area contributed by atoms with Crippen LogP contribution in [0.2, 0.25) is 0 Å². The summed E-state index contributed by atoms with van der Waals surface area (Å²) < 4.78 is 5.78. The molecule has 0 aliphatic rings. The van der Waals surface area contributed by atoms with Gasteiger partial charge < -0.3 is 25.2 Å². The van der Waals surface area contributed by atoms with E-state index < -0.39 is 10.8 Å². The smallest absolute Gasteiger partial charge is 0.161 e. The predicted molar refractivity (Wildman–Crippen MR) is 97.0 cm³/mol. The van der Waals surface area contributed by atoms with Crippen molar-refractivity contribution in [3.63, 3.8) is 0 Å². The lowest BCUT2D eigenvalue weighted by Crippen LogP contribution is -2.12. The molecule has 0 heterocycles. The van der Waals surface area contributed by atoms with Crippen LogP contribution in [0.5, 0.6) is 34.5 Å². The molecule has 0 atom stereocenters. The van der Waals surface area contributed by atoms with E-state index in [-0.39, 0.29) is 23.0 Å². The summed E-state index contributed by atoms with van der Waals surface area (Å²) in [5.41, 5.74) is 0.298. The van der Waals surface area contributed by atoms with Gasteiger partial charge >= 0.3 is 0 Å². The SMILES string of the molecule is CC(C)(C)c1cc(Oc2cc(O)c(O)c(C(C)(C)C)c2)cc(O)c1O. The van der Waals surface area contributed by atoms with Crippen LogP contribution in [0.1, 0.15) is 52.7 Å². The molecule has 0 saturated carbocycles. The summed E-state index contributed by atoms with van der Waals surface area (Å²) in [6.07, 6.45) is 0. The van der Waals surface area contributed by atoms with Crippen LogP contribution in [0.4, 0.5) is 0 Å². The maximum absolute atomic E-state index is 10.1. The van der Waals surface area contributed by atoms with Gasteiger partial charge in [0.2, 0.25) is 0 Å². The second kappa shape index (κ2) is 6.06. The molecule has 2 aromatic rings. The average molecular weight is 346 g/mol. The first-order valence-corrected chi connectivity index (χ1v) is 8.11. The molecule has 0 fully saturated rings. The molecule has 2 aromatic carbocycles. The topological polar surface area (TPSA) is 90.2 Å². The predicted octanol–water partition coefficient (Wildman–Crippen LogP) is 4.90. The second-order valence-corrected chi connectivity index (χ2v) is 8.28. The van der Waals surface area contributed by atoms with Crippen molar-refractivity contribution in [3.05, 3.63) is 35.4 Å². The van der Waals surface area contributed by atoms with E-state index in [9.17, 15) is 20.4 Å². The zero-order chi connectivity index (χ0) is 19.2. The van der Waals surface area contributed by atoms with Crippen LogP contribution in [0.25, 0.3) is 0 Å². The summed E-state index contributed by atoms with van der Waals surface area (Å²) in [5.74, 6) is -0.258. The number of rotatable bonds is 2. The number of aromatic hydroxyl groups is 4. The molecule has 0 saturated heterocycles. The minimum Gasteiger partial charge on any atom is -0.504 e. The summed E-state index contributed by atoms with van der Waals surface area (Å²) in [6.45, 7) is 11.5. The van der Waals surface area contributed by atoms with Crippen molar-refractivity contribution < 1.29 is 25.2 Å². The molecule has 5 nitrogen and oxygen atoms in total. The van der Waals surface area contributed by atoms with Gasteiger partial charge in [0.15, 0.2) is 23.0 Å². The lowest BCUT2D eigenvalue weighted by Gasteiger charge is -2.23. The van der Waals surface area contributed by atoms with Crippen LogP contribution in [-0.2, 0) is 10.8 Å². The Morgan fingerprint density at radius 2 is 0.920 bits per heavy atom. The number of benzene rings is 2. The van der Waals surface area contributed by atoms with E-state index in [2.05, 4.69) is 0 Å². The highest BCUT2D eigenvalue weighted by Crippen LogP contribution is 2.44. The highest BCUT2D eigenvalue weighted by molar-refractivity contribution is 5.56. The molecule has 0 unspecified atom stereocenters. The van der Waals surface area contributed by atoms with Crippen LogP contribution in [0.15, 0.2) is 24.3 Å². The first kappa shape index (κ1) is 18.8. The van der Waals surface area contributed by atoms with Crippen molar-refractivity contribution in [2.24, 2.45) is 0 Å². The van der Waals surface area contributed by atoms with E-state index in [1.807, 2.05) is 41.5 Å². The Morgan fingerprint density at radius 1 is 0.600 bits per heavy atom. The van der Waals surface area contributed by atoms with Gasteiger partial charge in [-0.15, -0.1) is 0 Å². The molecule has 0 aliphatic heterocycles. The Kier molecular flexibility index (Phi) is 4.55. The van der Waals surface area contributed by atoms with Crippen molar-refractivity contribution in [1.29, 1.82) is 0 Å². The van der Waals surface area contributed by atoms with E-state index >= 15 is 0 Å². The van der Waals surface area contributed by atoms with E-state index in [1.165, 1.54) is 12.1 Å². The molecule has 136 valence electrons. The third-order valence-electron chi connectivity index (χ3n) is 3.98. The van der Waals surface area contributed by atoms with Crippen molar-refractivity contribution >= 4 is 0 Å². The van der Waals surface area contributed by atoms with E-state index in [0.29, 0.717) is 22.6 Å². The largest absolute Gasteiger partial charge is 0.504 e. The zero-order valence-corrected chi connectivity index (χ0v) is 15.5. The standard InChI is InChI=1S/C20H26O5/c1-19(2,3)13-7-11(9-15(21)17(13)23)25-12-8-14(20(4,5)6)18(24)16(22)10-12/h7-10,21-24H,1-6H3. The highest BCUT2D eigenvalue weighted by atomic mass is 16.5. The van der Waals surface area contributed by atoms with Crippen LogP contribution in [0.3, 0.4) is 0 Å². The fraction of sp³-hybridized carbons (Fsp3) is 0.400. The molecule has 0 radical (unpaired) electrons. The third-order valence-corrected chi connectivity index (χ3v) is 3.98. The fourth-order valence-corrected chi connectivity index (χ4v) is 2.58. The van der Waals surface area contributed by atoms with Gasteiger partial charge in [-0.2, -0.15) is 0 Å². The van der Waals surface area contributed by atoms with Gasteiger partial charge in [-0.1, -0.05) is 41.5 Å². The second-order valence-electron chi connectivity index (χ2n) is 8.28. The molecule has 4 N–H and O–H groups in total. The Labute approximate surface area is 148 Å². The Bertz CT molecular complexity index is 728. The Balaban J connectivity index is 2.51. The molecular formula is C20H26O5. The average Bonchev–Trinajstić information content (AvgIpc) is 2.43. The number of hydrogen-bond donors (Lipinski definition) is 4. The summed E-state index contributed by atoms with van der Waals surface area (Å²) in [5, 5.41) is 40.1. The summed E-state index contributed by atoms with van der Waals surface area (Å²) in [7, 11) is 0. The van der Waals surface area contributed by atoms with Gasteiger partial charge in [0.25, 0.3) is 0 Å². The van der Waals surface area contributed by atoms with Crippen LogP contribution in [-0.4, -0.2) is 20.4 Å². The minimum absolute atomic E-state index is 0.177. The van der Waals surface area contributed by atoms with Crippen LogP contribution >= 0.6 is 0 Å². The Morgan fingerprint density at radius 3 is 1.20 bits per heavy atom. The minimum atomic E-state index is -0.394. The van der Waals surface area contributed by atoms with Gasteiger partial charge in [0.1, 0.15) is 11.5 Å². The highest BCUT2D eigenvalue weighted by Gasteiger charge is 2.24. The lowest BCUT2D eigenvalue weighted by molar-refractivity contribution is 0.376. The first-order chi connectivity index (χ1) is 11.3. The van der Waals surface area contributed by atoms with Gasteiger partial charge in [0.05, 0.1) is 0 Å². The molecule has 0 spiro atoms. The zero-order valence-electron chi connectivity index (χ0n) is 15.5. The number of phenolic OH excluding ortho intramolecular Hbond substituents is 4. The van der Waals surface area contributed by atoms with Crippen molar-refractivity contribution in [2.75, 3.05) is 0 Å². The molecule has 0 aliphatic carbocycles. The van der Waals surface area contributed by atoms with Crippen molar-refractivity contribution in [2.45, 2.75) is 52.4 Å². The van der Waals surface area contributed by atoms with E-state index in [4.69, 9.17) is 4.74 Å². The molecule has 0 aromatic heterocycles. The molecule has 5 heteroatoms. The quantitative estimate of drug-likeness (QED) is 0.581. The summed E-state index contributed by atoms with van der Waals surface area (Å²) >= 11 is 0. The van der Waals surface area contributed by atoms with Gasteiger partial charge in [0, 0.05) is 23.3 Å². The molecule has 0 amide bonds. The number of ether oxygens (including phenoxy) is 1. The maximum Gasteiger partial charge on any atom is 0.161 e. The van der Waals surface area contributed by atoms with Crippen molar-refractivity contribution in [3.8, 4) is 34.5 Å². The van der Waals surface area contributed by atoms with Crippen molar-refractivity contribution in [1.82, 2.24) is 0 Å². The van der Waals surface area contributed by atoms with Crippen LogP contribution < -0.4 is 4.74 Å². The lowest BCUT2D eigenvalue weighted by atomic mass is 9.85. The van der Waals surface area contributed by atoms with Gasteiger partial charge in [-0.25, -0.2) is 0 Å². The molecule has 25 heavy (non-hydrogen) atoms. The molecule has 2 rings (SSSR count). The summed E-state index contributed by atoms with van der Waals surface area (Å²) in [4.78, 5) is 0. The summed E-state index contributed by atoms with van der Waals surface area (Å²) in [6, 6.07) is 5.92. The molecule has 0 bridgehead atoms. The first-order valence-electron chi connectivity index (χ1n) is 8.11. The van der Waals surface area contributed by atoms with Crippen LogP contribution in [0, 0.1) is 0 Å². The van der Waals surface area contributed by atoms with Gasteiger partial charge in [-0.05, 0) is 23.0 Å². The maximum atomic E-state index is 10.1. The Hall–Kier alpha value is -2.56. The van der Waals surface area contributed by atoms with E-state index in [0.717, 1.165) is 0 Å².